The number of ether oxygens (including phenoxy) is 1. The van der Waals surface area contributed by atoms with E-state index < -0.39 is 0 Å². The van der Waals surface area contributed by atoms with E-state index in [4.69, 9.17) is 15.6 Å². The Hall–Kier alpha value is -0.580. The van der Waals surface area contributed by atoms with Crippen molar-refractivity contribution in [3.63, 3.8) is 0 Å². The molecule has 84 valence electrons. The fourth-order valence-electron chi connectivity index (χ4n) is 1.25. The molecule has 0 heterocycles. The van der Waals surface area contributed by atoms with Crippen molar-refractivity contribution < 1.29 is 9.84 Å². The second-order valence-corrected chi connectivity index (χ2v) is 4.31. The molecule has 15 heavy (non-hydrogen) atoms. The van der Waals surface area contributed by atoms with Crippen LogP contribution < -0.4 is 10.5 Å². The molecule has 0 radical (unpaired) electrons. The van der Waals surface area contributed by atoms with Gasteiger partial charge in [0.1, 0.15) is 5.75 Å². The third-order valence-electron chi connectivity index (χ3n) is 2.02. The maximum atomic E-state index is 8.65. The Morgan fingerprint density at radius 2 is 2.27 bits per heavy atom. The van der Waals surface area contributed by atoms with Crippen LogP contribution in [0, 0.1) is 0 Å². The van der Waals surface area contributed by atoms with Crippen molar-refractivity contribution in [2.75, 3.05) is 13.2 Å². The molecule has 0 amide bonds. The number of halogens is 1. The van der Waals surface area contributed by atoms with Crippen molar-refractivity contribution in [3.05, 3.63) is 28.2 Å². The Morgan fingerprint density at radius 1 is 1.53 bits per heavy atom. The Kier molecular flexibility index (Phi) is 5.08. The van der Waals surface area contributed by atoms with Crippen LogP contribution in [-0.4, -0.2) is 18.3 Å². The van der Waals surface area contributed by atoms with Crippen LogP contribution in [0.25, 0.3) is 0 Å². The second-order valence-electron chi connectivity index (χ2n) is 3.40. The standard InChI is InChI=1S/C11H16BrNO2/c1-8(13)10-7-9(12)3-4-11(10)15-6-2-5-14/h3-4,7-8,14H,2,5-6,13H2,1H3. The van der Waals surface area contributed by atoms with Crippen LogP contribution in [0.15, 0.2) is 22.7 Å². The quantitative estimate of drug-likeness (QED) is 0.809. The van der Waals surface area contributed by atoms with Crippen LogP contribution in [0.3, 0.4) is 0 Å². The van der Waals surface area contributed by atoms with Gasteiger partial charge in [-0.15, -0.1) is 0 Å². The summed E-state index contributed by atoms with van der Waals surface area (Å²) >= 11 is 3.40. The highest BCUT2D eigenvalue weighted by Crippen LogP contribution is 2.27. The predicted molar refractivity (Wildman–Crippen MR) is 63.9 cm³/mol. The molecule has 4 heteroatoms. The smallest absolute Gasteiger partial charge is 0.124 e. The van der Waals surface area contributed by atoms with Gasteiger partial charge in [-0.3, -0.25) is 0 Å². The lowest BCUT2D eigenvalue weighted by molar-refractivity contribution is 0.232. The molecule has 3 N–H and O–H groups in total. The topological polar surface area (TPSA) is 55.5 Å². The zero-order valence-corrected chi connectivity index (χ0v) is 10.3. The number of benzene rings is 1. The third kappa shape index (κ3) is 3.81. The lowest BCUT2D eigenvalue weighted by Gasteiger charge is -2.14. The zero-order chi connectivity index (χ0) is 11.3. The minimum Gasteiger partial charge on any atom is -0.493 e. The van der Waals surface area contributed by atoms with Gasteiger partial charge in [0, 0.05) is 29.1 Å². The van der Waals surface area contributed by atoms with Crippen LogP contribution in [0.1, 0.15) is 24.9 Å². The molecular formula is C11H16BrNO2. The second kappa shape index (κ2) is 6.10. The number of aliphatic hydroxyl groups is 1. The molecule has 0 spiro atoms. The molecule has 0 aliphatic rings. The van der Waals surface area contributed by atoms with Crippen LogP contribution >= 0.6 is 15.9 Å². The van der Waals surface area contributed by atoms with E-state index in [1.54, 1.807) is 0 Å². The molecule has 0 bridgehead atoms. The number of aliphatic hydroxyl groups excluding tert-OH is 1. The molecule has 1 rings (SSSR count). The maximum Gasteiger partial charge on any atom is 0.124 e. The number of rotatable bonds is 5. The van der Waals surface area contributed by atoms with Crippen molar-refractivity contribution in [3.8, 4) is 5.75 Å². The lowest BCUT2D eigenvalue weighted by Crippen LogP contribution is -2.09. The fourth-order valence-corrected chi connectivity index (χ4v) is 1.63. The largest absolute Gasteiger partial charge is 0.493 e. The highest BCUT2D eigenvalue weighted by atomic mass is 79.9. The number of hydrogen-bond acceptors (Lipinski definition) is 3. The van der Waals surface area contributed by atoms with Gasteiger partial charge in [0.15, 0.2) is 0 Å². The molecule has 0 saturated carbocycles. The van der Waals surface area contributed by atoms with Crippen LogP contribution in [-0.2, 0) is 0 Å². The van der Waals surface area contributed by atoms with E-state index in [-0.39, 0.29) is 12.6 Å². The SMILES string of the molecule is CC(N)c1cc(Br)ccc1OCCCO. The zero-order valence-electron chi connectivity index (χ0n) is 8.74. The van der Waals surface area contributed by atoms with E-state index in [0.717, 1.165) is 15.8 Å². The summed E-state index contributed by atoms with van der Waals surface area (Å²) in [5, 5.41) is 8.65. The van der Waals surface area contributed by atoms with E-state index in [0.29, 0.717) is 13.0 Å². The summed E-state index contributed by atoms with van der Waals surface area (Å²) < 4.78 is 6.52. The molecule has 0 aliphatic carbocycles. The van der Waals surface area contributed by atoms with Gasteiger partial charge in [-0.05, 0) is 25.1 Å². The van der Waals surface area contributed by atoms with Crippen molar-refractivity contribution >= 4 is 15.9 Å². The van der Waals surface area contributed by atoms with Crippen molar-refractivity contribution in [1.29, 1.82) is 0 Å². The fraction of sp³-hybridized carbons (Fsp3) is 0.455. The Balaban J connectivity index is 2.77. The molecule has 1 aromatic carbocycles. The molecule has 0 aliphatic heterocycles. The van der Waals surface area contributed by atoms with Gasteiger partial charge in [-0.25, -0.2) is 0 Å². The summed E-state index contributed by atoms with van der Waals surface area (Å²) in [5.41, 5.74) is 6.81. The molecule has 0 fully saturated rings. The first kappa shape index (κ1) is 12.5. The average molecular weight is 274 g/mol. The Labute approximate surface area is 98.4 Å². The lowest BCUT2D eigenvalue weighted by atomic mass is 10.1. The molecule has 3 nitrogen and oxygen atoms in total. The highest BCUT2D eigenvalue weighted by molar-refractivity contribution is 9.10. The van der Waals surface area contributed by atoms with E-state index in [9.17, 15) is 0 Å². The van der Waals surface area contributed by atoms with Gasteiger partial charge >= 0.3 is 0 Å². The Bertz CT molecular complexity index is 315. The molecule has 1 aromatic rings. The van der Waals surface area contributed by atoms with Crippen molar-refractivity contribution in [2.45, 2.75) is 19.4 Å². The average Bonchev–Trinajstić information content (AvgIpc) is 2.20. The van der Waals surface area contributed by atoms with Gasteiger partial charge in [-0.1, -0.05) is 15.9 Å². The van der Waals surface area contributed by atoms with E-state index >= 15 is 0 Å². The molecule has 0 saturated heterocycles. The first-order valence-electron chi connectivity index (χ1n) is 4.94. The molecular weight excluding hydrogens is 258 g/mol. The monoisotopic (exact) mass is 273 g/mol. The predicted octanol–water partition coefficient (Wildman–Crippen LogP) is 2.23. The van der Waals surface area contributed by atoms with E-state index in [1.807, 2.05) is 25.1 Å². The normalized spacial score (nSPS) is 12.5. The first-order valence-corrected chi connectivity index (χ1v) is 5.73. The Morgan fingerprint density at radius 3 is 2.87 bits per heavy atom. The summed E-state index contributed by atoms with van der Waals surface area (Å²) in [6.07, 6.45) is 0.633. The van der Waals surface area contributed by atoms with Gasteiger partial charge in [0.25, 0.3) is 0 Å². The number of nitrogens with two attached hydrogens (primary N) is 1. The van der Waals surface area contributed by atoms with Gasteiger partial charge in [-0.2, -0.15) is 0 Å². The maximum absolute atomic E-state index is 8.65. The molecule has 1 atom stereocenters. The summed E-state index contributed by atoms with van der Waals surface area (Å²) in [4.78, 5) is 0. The van der Waals surface area contributed by atoms with Gasteiger partial charge < -0.3 is 15.6 Å². The molecule has 1 unspecified atom stereocenters. The van der Waals surface area contributed by atoms with E-state index in [2.05, 4.69) is 15.9 Å². The van der Waals surface area contributed by atoms with Crippen LogP contribution in [0.4, 0.5) is 0 Å². The van der Waals surface area contributed by atoms with Crippen molar-refractivity contribution in [1.82, 2.24) is 0 Å². The van der Waals surface area contributed by atoms with Crippen LogP contribution in [0.2, 0.25) is 0 Å². The van der Waals surface area contributed by atoms with Gasteiger partial charge in [0.2, 0.25) is 0 Å². The summed E-state index contributed by atoms with van der Waals surface area (Å²) in [7, 11) is 0. The minimum absolute atomic E-state index is 0.0633. The van der Waals surface area contributed by atoms with Crippen LogP contribution in [0.5, 0.6) is 5.75 Å². The van der Waals surface area contributed by atoms with E-state index in [1.165, 1.54) is 0 Å². The third-order valence-corrected chi connectivity index (χ3v) is 2.52. The summed E-state index contributed by atoms with van der Waals surface area (Å²) in [6, 6.07) is 5.70. The highest BCUT2D eigenvalue weighted by Gasteiger charge is 2.08. The molecule has 0 aromatic heterocycles. The number of hydrogen-bond donors (Lipinski definition) is 2. The first-order chi connectivity index (χ1) is 7.15. The van der Waals surface area contributed by atoms with Gasteiger partial charge in [0.05, 0.1) is 6.61 Å². The minimum atomic E-state index is -0.0633. The van der Waals surface area contributed by atoms with Crippen molar-refractivity contribution in [2.24, 2.45) is 5.73 Å². The summed E-state index contributed by atoms with van der Waals surface area (Å²) in [6.45, 7) is 2.57. The summed E-state index contributed by atoms with van der Waals surface area (Å²) in [5.74, 6) is 0.793.